The van der Waals surface area contributed by atoms with E-state index in [1.165, 1.54) is 6.20 Å². The van der Waals surface area contributed by atoms with Gasteiger partial charge in [0.05, 0.1) is 23.1 Å². The molecule has 1 heterocycles. The molecule has 1 aliphatic rings. The van der Waals surface area contributed by atoms with E-state index >= 15 is 0 Å². The predicted molar refractivity (Wildman–Crippen MR) is 94.5 cm³/mol. The number of nitrogens with one attached hydrogen (secondary N) is 1. The molecule has 0 saturated heterocycles. The van der Waals surface area contributed by atoms with Gasteiger partial charge in [-0.3, -0.25) is 4.79 Å². The third kappa shape index (κ3) is 3.54. The molecule has 1 amide bonds. The van der Waals surface area contributed by atoms with Crippen molar-refractivity contribution >= 4 is 23.5 Å². The Balaban J connectivity index is 1.96. The minimum absolute atomic E-state index is 0.258. The average Bonchev–Trinajstić information content (AvgIpc) is 3.32. The number of halogens is 1. The van der Waals surface area contributed by atoms with Crippen molar-refractivity contribution in [2.24, 2.45) is 0 Å². The highest BCUT2D eigenvalue weighted by atomic mass is 35.5. The molecule has 1 saturated carbocycles. The molecule has 1 fully saturated rings. The summed E-state index contributed by atoms with van der Waals surface area (Å²) in [6.07, 6.45) is 3.80. The average molecular weight is 362 g/mol. The van der Waals surface area contributed by atoms with Crippen LogP contribution < -0.4 is 5.32 Å². The molecule has 0 radical (unpaired) electrons. The van der Waals surface area contributed by atoms with Crippen LogP contribution in [0.2, 0.25) is 5.02 Å². The van der Waals surface area contributed by atoms with E-state index < -0.39 is 17.9 Å². The van der Waals surface area contributed by atoms with E-state index in [2.05, 4.69) is 10.4 Å². The van der Waals surface area contributed by atoms with Gasteiger partial charge in [-0.1, -0.05) is 24.6 Å². The minimum Gasteiger partial charge on any atom is -0.480 e. The maximum absolute atomic E-state index is 12.6. The number of aromatic nitrogens is 2. The molecule has 0 aliphatic heterocycles. The number of aliphatic carboxylic acids is 1. The Bertz CT molecular complexity index is 827. The molecule has 1 unspecified atom stereocenters. The van der Waals surface area contributed by atoms with Gasteiger partial charge < -0.3 is 10.4 Å². The van der Waals surface area contributed by atoms with Crippen molar-refractivity contribution in [1.29, 1.82) is 0 Å². The lowest BCUT2D eigenvalue weighted by Gasteiger charge is -2.13. The number of benzene rings is 1. The van der Waals surface area contributed by atoms with Gasteiger partial charge >= 0.3 is 5.97 Å². The Morgan fingerprint density at radius 2 is 2.16 bits per heavy atom. The van der Waals surface area contributed by atoms with E-state index in [1.807, 2.05) is 25.1 Å². The lowest BCUT2D eigenvalue weighted by molar-refractivity contribution is -0.139. The fraction of sp³-hybridized carbons (Fsp3) is 0.389. The zero-order valence-corrected chi connectivity index (χ0v) is 14.9. The van der Waals surface area contributed by atoms with Crippen molar-refractivity contribution in [1.82, 2.24) is 15.1 Å². The van der Waals surface area contributed by atoms with Crippen LogP contribution in [0, 0.1) is 6.92 Å². The van der Waals surface area contributed by atoms with E-state index in [4.69, 9.17) is 16.7 Å². The van der Waals surface area contributed by atoms with Gasteiger partial charge in [-0.2, -0.15) is 5.10 Å². The largest absolute Gasteiger partial charge is 0.480 e. The maximum atomic E-state index is 12.6. The number of carboxylic acid groups (broad SMARTS) is 1. The number of rotatable bonds is 6. The van der Waals surface area contributed by atoms with Crippen LogP contribution in [0.4, 0.5) is 0 Å². The molecular weight excluding hydrogens is 342 g/mol. The molecule has 0 bridgehead atoms. The van der Waals surface area contributed by atoms with E-state index in [0.29, 0.717) is 17.0 Å². The van der Waals surface area contributed by atoms with Crippen LogP contribution in [-0.2, 0) is 4.79 Å². The van der Waals surface area contributed by atoms with Crippen LogP contribution in [-0.4, -0.2) is 32.8 Å². The van der Waals surface area contributed by atoms with Crippen LogP contribution >= 0.6 is 11.6 Å². The highest BCUT2D eigenvalue weighted by Gasteiger charge is 2.33. The van der Waals surface area contributed by atoms with E-state index in [0.717, 1.165) is 29.8 Å². The van der Waals surface area contributed by atoms with Gasteiger partial charge in [-0.25, -0.2) is 9.48 Å². The second-order valence-electron chi connectivity index (χ2n) is 6.34. The highest BCUT2D eigenvalue weighted by Crippen LogP contribution is 2.42. The maximum Gasteiger partial charge on any atom is 0.326 e. The van der Waals surface area contributed by atoms with E-state index in [-0.39, 0.29) is 5.92 Å². The van der Waals surface area contributed by atoms with Crippen molar-refractivity contribution in [3.05, 3.63) is 46.2 Å². The van der Waals surface area contributed by atoms with Gasteiger partial charge in [0.1, 0.15) is 6.04 Å². The van der Waals surface area contributed by atoms with Crippen molar-refractivity contribution in [2.45, 2.75) is 45.1 Å². The topological polar surface area (TPSA) is 84.2 Å². The SMILES string of the molecule is CCC(NC(=O)c1cnn(-c2ccc(C)c(Cl)c2)c1C1CC1)C(=O)O. The normalized spacial score (nSPS) is 15.0. The molecule has 2 aromatic rings. The summed E-state index contributed by atoms with van der Waals surface area (Å²) in [4.78, 5) is 23.8. The van der Waals surface area contributed by atoms with Crippen molar-refractivity contribution in [2.75, 3.05) is 0 Å². The van der Waals surface area contributed by atoms with Crippen molar-refractivity contribution in [3.63, 3.8) is 0 Å². The third-order valence-electron chi connectivity index (χ3n) is 4.43. The smallest absolute Gasteiger partial charge is 0.326 e. The van der Waals surface area contributed by atoms with Gasteiger partial charge in [0.25, 0.3) is 5.91 Å². The quantitative estimate of drug-likeness (QED) is 0.826. The fourth-order valence-corrected chi connectivity index (χ4v) is 2.95. The molecule has 1 aromatic heterocycles. The first kappa shape index (κ1) is 17.5. The van der Waals surface area contributed by atoms with Crippen LogP contribution in [0.5, 0.6) is 0 Å². The monoisotopic (exact) mass is 361 g/mol. The molecule has 1 atom stereocenters. The first-order valence-electron chi connectivity index (χ1n) is 8.30. The second kappa shape index (κ2) is 6.88. The summed E-state index contributed by atoms with van der Waals surface area (Å²) in [5, 5.41) is 16.7. The molecular formula is C18H20ClN3O3. The van der Waals surface area contributed by atoms with Crippen molar-refractivity contribution < 1.29 is 14.7 Å². The van der Waals surface area contributed by atoms with Crippen LogP contribution in [0.3, 0.4) is 0 Å². The number of carbonyl (C=O) groups is 2. The first-order valence-corrected chi connectivity index (χ1v) is 8.68. The Kier molecular flexibility index (Phi) is 4.81. The molecule has 2 N–H and O–H groups in total. The first-order chi connectivity index (χ1) is 11.9. The Labute approximate surface area is 150 Å². The van der Waals surface area contributed by atoms with Gasteiger partial charge in [0.15, 0.2) is 0 Å². The predicted octanol–water partition coefficient (Wildman–Crippen LogP) is 3.30. The third-order valence-corrected chi connectivity index (χ3v) is 4.83. The number of carbonyl (C=O) groups excluding carboxylic acids is 1. The van der Waals surface area contributed by atoms with Gasteiger partial charge in [0, 0.05) is 10.9 Å². The van der Waals surface area contributed by atoms with E-state index in [1.54, 1.807) is 11.6 Å². The minimum atomic E-state index is -1.04. The lowest BCUT2D eigenvalue weighted by Crippen LogP contribution is -2.40. The number of hydrogen-bond acceptors (Lipinski definition) is 3. The molecule has 6 nitrogen and oxygen atoms in total. The standard InChI is InChI=1S/C18H20ClN3O3/c1-3-15(18(24)25)21-17(23)13-9-20-22(16(13)11-5-6-11)12-7-4-10(2)14(19)8-12/h4,7-9,11,15H,3,5-6H2,1-2H3,(H,21,23)(H,24,25). The van der Waals surface area contributed by atoms with E-state index in [9.17, 15) is 9.59 Å². The summed E-state index contributed by atoms with van der Waals surface area (Å²) in [7, 11) is 0. The Morgan fingerprint density at radius 1 is 1.44 bits per heavy atom. The van der Waals surface area contributed by atoms with Crippen LogP contribution in [0.25, 0.3) is 5.69 Å². The second-order valence-corrected chi connectivity index (χ2v) is 6.74. The fourth-order valence-electron chi connectivity index (χ4n) is 2.78. The summed E-state index contributed by atoms with van der Waals surface area (Å²) in [6.45, 7) is 3.64. The molecule has 7 heteroatoms. The summed E-state index contributed by atoms with van der Waals surface area (Å²) in [6, 6.07) is 4.74. The van der Waals surface area contributed by atoms with Gasteiger partial charge in [0.2, 0.25) is 0 Å². The molecule has 0 spiro atoms. The summed E-state index contributed by atoms with van der Waals surface area (Å²) in [5.41, 5.74) is 3.01. The molecule has 1 aliphatic carbocycles. The number of hydrogen-bond donors (Lipinski definition) is 2. The highest BCUT2D eigenvalue weighted by molar-refractivity contribution is 6.31. The number of nitrogens with zero attached hydrogens (tertiary/aromatic N) is 2. The summed E-state index contributed by atoms with van der Waals surface area (Å²) in [5.74, 6) is -1.18. The summed E-state index contributed by atoms with van der Waals surface area (Å²) < 4.78 is 1.74. The molecule has 3 rings (SSSR count). The van der Waals surface area contributed by atoms with Gasteiger partial charge in [-0.05, 0) is 43.9 Å². The molecule has 25 heavy (non-hydrogen) atoms. The molecule has 1 aromatic carbocycles. The number of carboxylic acids is 1. The van der Waals surface area contributed by atoms with Crippen molar-refractivity contribution in [3.8, 4) is 5.69 Å². The lowest BCUT2D eigenvalue weighted by atomic mass is 10.1. The Morgan fingerprint density at radius 3 is 2.72 bits per heavy atom. The summed E-state index contributed by atoms with van der Waals surface area (Å²) >= 11 is 6.22. The Hall–Kier alpha value is -2.34. The van der Waals surface area contributed by atoms with Crippen LogP contribution in [0.1, 0.15) is 53.7 Å². The number of amides is 1. The van der Waals surface area contributed by atoms with Crippen LogP contribution in [0.15, 0.2) is 24.4 Å². The zero-order valence-electron chi connectivity index (χ0n) is 14.1. The van der Waals surface area contributed by atoms with Gasteiger partial charge in [-0.15, -0.1) is 0 Å². The number of aryl methyl sites for hydroxylation is 1. The molecule has 132 valence electrons. The zero-order chi connectivity index (χ0) is 18.1.